The summed E-state index contributed by atoms with van der Waals surface area (Å²) in [6.07, 6.45) is 89.7. The molecule has 0 spiro atoms. The van der Waals surface area contributed by atoms with E-state index in [1.54, 1.807) is 173 Å². The molecule has 472 valence electrons. The highest BCUT2D eigenvalue weighted by Gasteiger charge is 2.56. The number of hydrogen-bond acceptors (Lipinski definition) is 2. The second-order valence-electron chi connectivity index (χ2n) is 35.3. The smallest absolute Gasteiger partial charge is 0.0321 e. The number of fused-ring (bicyclic) bond motifs is 10. The van der Waals surface area contributed by atoms with Gasteiger partial charge in [-0.05, 0) is 330 Å². The topological polar surface area (TPSA) is 6.48 Å². The molecule has 0 heterocycles. The monoisotopic (exact) mass is 1150 g/mol. The maximum atomic E-state index is 3.57. The van der Waals surface area contributed by atoms with Crippen molar-refractivity contribution in [1.29, 1.82) is 0 Å². The van der Waals surface area contributed by atoms with Crippen molar-refractivity contribution in [2.45, 2.75) is 377 Å². The van der Waals surface area contributed by atoms with Crippen LogP contribution in [0.15, 0.2) is 23.4 Å². The van der Waals surface area contributed by atoms with Crippen molar-refractivity contribution in [2.75, 3.05) is 0 Å². The fourth-order valence-corrected chi connectivity index (χ4v) is 27.9. The summed E-state index contributed by atoms with van der Waals surface area (Å²) in [6, 6.07) is 4.33. The standard InChI is InChI=1S/C82H134N2/c1-5-21-60(22-6-1)77(61-23-7-2-8-24-61)53-57-37-45-67(46-38-57)84(82-55-79-70-32-16-14-30-65(70)44-52-74(79)72-34-18-20-36-76(72)82)68-49-41-59(42-50-68)58-39-47-66(48-40-58)83(56-80(62-25-9-3-10-26-62)63-27-11-4-12-28-63)81-54-78-69-31-15-13-29-64(69)43-51-73(78)71-33-17-19-35-75(71)81/h53,56-76,78-79,81-82H,1-52,54-55H2. The Morgan fingerprint density at radius 1 is 0.226 bits per heavy atom. The van der Waals surface area contributed by atoms with Gasteiger partial charge in [-0.15, -0.1) is 0 Å². The zero-order valence-electron chi connectivity index (χ0n) is 55.1. The van der Waals surface area contributed by atoms with Crippen LogP contribution in [0.25, 0.3) is 0 Å². The molecular weight excluding hydrogens is 1010 g/mol. The van der Waals surface area contributed by atoms with Gasteiger partial charge in [-0.3, -0.25) is 4.90 Å². The highest BCUT2D eigenvalue weighted by molar-refractivity contribution is 5.18. The van der Waals surface area contributed by atoms with Gasteiger partial charge < -0.3 is 4.90 Å². The van der Waals surface area contributed by atoms with Gasteiger partial charge in [0.1, 0.15) is 0 Å². The van der Waals surface area contributed by atoms with E-state index in [9.17, 15) is 0 Å². The maximum Gasteiger partial charge on any atom is 0.0321 e. The summed E-state index contributed by atoms with van der Waals surface area (Å²) < 4.78 is 0. The molecule has 15 rings (SSSR count). The van der Waals surface area contributed by atoms with Gasteiger partial charge in [0.15, 0.2) is 0 Å². The minimum atomic E-state index is 0.818. The average Bonchev–Trinajstić information content (AvgIpc) is 1.59. The van der Waals surface area contributed by atoms with E-state index < -0.39 is 0 Å². The Labute approximate surface area is 519 Å². The molecule has 0 aromatic heterocycles. The van der Waals surface area contributed by atoms with E-state index in [4.69, 9.17) is 0 Å². The van der Waals surface area contributed by atoms with Crippen molar-refractivity contribution in [2.24, 2.45) is 112 Å². The molecule has 15 aliphatic carbocycles. The normalized spacial score (nSPS) is 44.9. The van der Waals surface area contributed by atoms with Gasteiger partial charge in [0.05, 0.1) is 0 Å². The van der Waals surface area contributed by atoms with Gasteiger partial charge in [-0.25, -0.2) is 0 Å². The first kappa shape index (κ1) is 59.5. The fourth-order valence-electron chi connectivity index (χ4n) is 27.9. The quantitative estimate of drug-likeness (QED) is 0.180. The molecule has 0 aliphatic heterocycles. The summed E-state index contributed by atoms with van der Waals surface area (Å²) in [5, 5.41) is 0. The molecule has 2 heteroatoms. The van der Waals surface area contributed by atoms with Crippen molar-refractivity contribution in [3.63, 3.8) is 0 Å². The summed E-state index contributed by atoms with van der Waals surface area (Å²) in [6.45, 7) is 0. The minimum absolute atomic E-state index is 0.818. The lowest BCUT2D eigenvalue weighted by Crippen LogP contribution is -2.60. The van der Waals surface area contributed by atoms with E-state index in [0.29, 0.717) is 0 Å². The average molecular weight is 1150 g/mol. The molecule has 0 radical (unpaired) electrons. The largest absolute Gasteiger partial charge is 0.371 e. The lowest BCUT2D eigenvalue weighted by Gasteiger charge is -2.61. The van der Waals surface area contributed by atoms with Crippen LogP contribution < -0.4 is 0 Å². The van der Waals surface area contributed by atoms with Crippen LogP contribution in [-0.2, 0) is 0 Å². The molecule has 0 N–H and O–H groups in total. The summed E-state index contributed by atoms with van der Waals surface area (Å²) in [5.41, 5.74) is 4.07. The number of hydrogen-bond donors (Lipinski definition) is 0. The summed E-state index contributed by atoms with van der Waals surface area (Å²) >= 11 is 0. The Kier molecular flexibility index (Phi) is 19.8. The molecule has 14 atom stereocenters. The zero-order valence-corrected chi connectivity index (χ0v) is 55.1. The van der Waals surface area contributed by atoms with Crippen LogP contribution in [0.5, 0.6) is 0 Å². The Hall–Kier alpha value is -0.760. The summed E-state index contributed by atoms with van der Waals surface area (Å²) in [7, 11) is 0. The van der Waals surface area contributed by atoms with E-state index >= 15 is 0 Å². The van der Waals surface area contributed by atoms with Gasteiger partial charge in [0.2, 0.25) is 0 Å². The lowest BCUT2D eigenvalue weighted by molar-refractivity contribution is -0.110. The number of nitrogens with zero attached hydrogens (tertiary/aromatic N) is 2. The molecule has 0 aromatic rings. The predicted molar refractivity (Wildman–Crippen MR) is 354 cm³/mol. The van der Waals surface area contributed by atoms with E-state index in [2.05, 4.69) is 22.1 Å². The molecule has 0 saturated heterocycles. The molecule has 14 unspecified atom stereocenters. The zero-order chi connectivity index (χ0) is 55.8. The Morgan fingerprint density at radius 3 is 1.02 bits per heavy atom. The van der Waals surface area contributed by atoms with E-state index in [0.717, 1.165) is 143 Å². The van der Waals surface area contributed by atoms with Crippen LogP contribution in [0.4, 0.5) is 0 Å². The number of allylic oxidation sites excluding steroid dienone is 3. The second-order valence-corrected chi connectivity index (χ2v) is 35.3. The van der Waals surface area contributed by atoms with Gasteiger partial charge >= 0.3 is 0 Å². The molecule has 2 nitrogen and oxygen atoms in total. The molecule has 15 fully saturated rings. The van der Waals surface area contributed by atoms with Gasteiger partial charge in [0.25, 0.3) is 0 Å². The van der Waals surface area contributed by atoms with Gasteiger partial charge in [-0.1, -0.05) is 153 Å². The van der Waals surface area contributed by atoms with Crippen LogP contribution in [0.2, 0.25) is 0 Å². The summed E-state index contributed by atoms with van der Waals surface area (Å²) in [4.78, 5) is 6.97. The molecule has 84 heavy (non-hydrogen) atoms. The van der Waals surface area contributed by atoms with Crippen molar-refractivity contribution in [1.82, 2.24) is 9.80 Å². The maximum absolute atomic E-state index is 3.57. The van der Waals surface area contributed by atoms with E-state index in [1.807, 2.05) is 11.1 Å². The Bertz CT molecular complexity index is 2050. The fraction of sp³-hybridized carbons (Fsp3) is 0.951. The van der Waals surface area contributed by atoms with E-state index in [-0.39, 0.29) is 0 Å². The third-order valence-corrected chi connectivity index (χ3v) is 31.7. The minimum Gasteiger partial charge on any atom is -0.371 e. The third kappa shape index (κ3) is 12.7. The molecule has 15 saturated carbocycles. The SMILES string of the molecule is C(=C(C1CCCCC1)C1CCCCC1)C1CCC(N(C2CCC(C3CCC(N(C=C(C4CCCCC4)C4CCCCC4)C4CC5C6CCCCC6CCC5C5CCCCC54)CC3)CC2)C2CC3C4CCCCC4CCC3C3CCCCC32)CC1. The molecule has 0 aromatic carbocycles. The highest BCUT2D eigenvalue weighted by atomic mass is 15.2. The van der Waals surface area contributed by atoms with Crippen LogP contribution in [0, 0.1) is 112 Å². The first-order valence-corrected chi connectivity index (χ1v) is 40.6. The molecular formula is C82H134N2. The number of rotatable bonds is 12. The molecule has 15 aliphatic rings. The highest BCUT2D eigenvalue weighted by Crippen LogP contribution is 2.62. The van der Waals surface area contributed by atoms with Crippen LogP contribution >= 0.6 is 0 Å². The van der Waals surface area contributed by atoms with Crippen LogP contribution in [0.1, 0.15) is 347 Å². The molecule has 0 bridgehead atoms. The predicted octanol–water partition coefficient (Wildman–Crippen LogP) is 23.2. The van der Waals surface area contributed by atoms with Crippen molar-refractivity contribution in [3.8, 4) is 0 Å². The van der Waals surface area contributed by atoms with Gasteiger partial charge in [0, 0.05) is 30.2 Å². The third-order valence-electron chi connectivity index (χ3n) is 31.7. The van der Waals surface area contributed by atoms with Crippen molar-refractivity contribution >= 4 is 0 Å². The first-order chi connectivity index (χ1) is 41.7. The van der Waals surface area contributed by atoms with Crippen LogP contribution in [0.3, 0.4) is 0 Å². The Balaban J connectivity index is 0.675. The molecule has 0 amide bonds. The van der Waals surface area contributed by atoms with Crippen LogP contribution in [-0.4, -0.2) is 40.0 Å². The Morgan fingerprint density at radius 2 is 0.560 bits per heavy atom. The van der Waals surface area contributed by atoms with E-state index in [1.165, 1.54) is 173 Å². The first-order valence-electron chi connectivity index (χ1n) is 40.6. The van der Waals surface area contributed by atoms with Gasteiger partial charge in [-0.2, -0.15) is 0 Å². The lowest BCUT2D eigenvalue weighted by atomic mass is 9.50. The van der Waals surface area contributed by atoms with Crippen molar-refractivity contribution < 1.29 is 0 Å². The summed E-state index contributed by atoms with van der Waals surface area (Å²) in [5.74, 6) is 19.3. The van der Waals surface area contributed by atoms with Crippen molar-refractivity contribution in [3.05, 3.63) is 23.4 Å². The second kappa shape index (κ2) is 28.0.